The number of hydrogen-bond donors (Lipinski definition) is 1. The summed E-state index contributed by atoms with van der Waals surface area (Å²) < 4.78 is 0.528. The first-order chi connectivity index (χ1) is 5.85. The maximum Gasteiger partial charge on any atom is 0.475 e. The molecule has 1 atom stereocenters. The van der Waals surface area contributed by atoms with Gasteiger partial charge in [0, 0.05) is 32.7 Å². The van der Waals surface area contributed by atoms with Gasteiger partial charge in [0.05, 0.1) is 21.1 Å². The van der Waals surface area contributed by atoms with Gasteiger partial charge in [-0.2, -0.15) is 4.84 Å². The molecule has 0 aliphatic heterocycles. The number of rotatable bonds is 6. The number of hydrogen-bond acceptors (Lipinski definition) is 3. The van der Waals surface area contributed by atoms with E-state index < -0.39 is 11.2 Å². The average Bonchev–Trinajstić information content (AvgIpc) is 1.81. The van der Waals surface area contributed by atoms with E-state index in [9.17, 15) is 9.70 Å². The molecule has 0 amide bonds. The maximum atomic E-state index is 10.1. The van der Waals surface area contributed by atoms with Gasteiger partial charge in [-0.1, -0.05) is 0 Å². The number of quaternary nitrogens is 1. The second-order valence-corrected chi connectivity index (χ2v) is 3.79. The monoisotopic (exact) mass is 280 g/mol. The Morgan fingerprint density at radius 2 is 2.00 bits per heavy atom. The largest absolute Gasteiger partial charge is 0.542 e. The summed E-state index contributed by atoms with van der Waals surface area (Å²) in [6.07, 6.45) is 0.962. The Kier molecular flexibility index (Phi) is 8.48. The minimum absolute atomic E-state index is 0. The number of carbonyl (C=O) groups excluding carboxylic acids is 1. The fraction of sp³-hybridized carbons (Fsp3) is 0.857. The molecular weight excluding hydrogens is 265 g/mol. The molecule has 0 aliphatic rings. The third kappa shape index (κ3) is 10.0. The van der Waals surface area contributed by atoms with Crippen molar-refractivity contribution >= 4 is 6.29 Å². The van der Waals surface area contributed by atoms with Crippen LogP contribution in [0.4, 0.5) is 0 Å². The Hall–Kier alpha value is -0.0661. The predicted octanol–water partition coefficient (Wildman–Crippen LogP) is -0.342. The molecule has 0 aromatic carbocycles. The molecule has 79 valence electrons. The molecule has 0 spiro atoms. The molecule has 0 saturated heterocycles. The Morgan fingerprint density at radius 1 is 1.50 bits per heavy atom. The van der Waals surface area contributed by atoms with Gasteiger partial charge in [0.25, 0.3) is 0 Å². The van der Waals surface area contributed by atoms with Crippen molar-refractivity contribution in [1.29, 1.82) is 0 Å². The zero-order chi connectivity index (χ0) is 10.5. The third-order valence-corrected chi connectivity index (χ3v) is 1.30. The summed E-state index contributed by atoms with van der Waals surface area (Å²) in [5, 5.41) is 7.64. The van der Waals surface area contributed by atoms with Gasteiger partial charge < -0.3 is 9.28 Å². The molecule has 0 aromatic heterocycles. The van der Waals surface area contributed by atoms with Crippen molar-refractivity contribution in [3.8, 4) is 0 Å². The second kappa shape index (κ2) is 7.26. The van der Waals surface area contributed by atoms with Gasteiger partial charge in [0.2, 0.25) is 6.10 Å². The minimum Gasteiger partial charge on any atom is -0.542 e. The molecule has 0 saturated carbocycles. The van der Waals surface area contributed by atoms with E-state index in [2.05, 4.69) is 4.84 Å². The topological polar surface area (TPSA) is 66.6 Å². The normalized spacial score (nSPS) is 12.5. The summed E-state index contributed by atoms with van der Waals surface area (Å²) in [5.74, 6) is 0. The molecule has 0 fully saturated rings. The van der Waals surface area contributed by atoms with E-state index in [1.54, 1.807) is 6.29 Å². The van der Waals surface area contributed by atoms with Gasteiger partial charge in [-0.05, 0) is 0 Å². The van der Waals surface area contributed by atoms with Crippen molar-refractivity contribution in [2.75, 3.05) is 27.7 Å². The van der Waals surface area contributed by atoms with Gasteiger partial charge in [0.15, 0.2) is 0 Å². The van der Waals surface area contributed by atoms with E-state index in [1.165, 1.54) is 0 Å². The van der Waals surface area contributed by atoms with Crippen LogP contribution >= 0.6 is 0 Å². The summed E-state index contributed by atoms with van der Waals surface area (Å²) in [5.41, 5.74) is 0. The first-order valence-corrected chi connectivity index (χ1v) is 3.83. The molecular formula is C7H15N2O4Y+. The first-order valence-electron chi connectivity index (χ1n) is 3.83. The zero-order valence-electron chi connectivity index (χ0n) is 8.64. The van der Waals surface area contributed by atoms with E-state index in [0.717, 1.165) is 0 Å². The van der Waals surface area contributed by atoms with Crippen LogP contribution in [0.3, 0.4) is 0 Å². The van der Waals surface area contributed by atoms with Crippen molar-refractivity contribution in [3.05, 3.63) is 4.91 Å². The summed E-state index contributed by atoms with van der Waals surface area (Å²) in [6, 6.07) is 0. The molecule has 1 unspecified atom stereocenters. The molecule has 1 radical (unpaired) electrons. The fourth-order valence-electron chi connectivity index (χ4n) is 0.967. The Labute approximate surface area is 108 Å². The van der Waals surface area contributed by atoms with Gasteiger partial charge in [-0.3, -0.25) is 6.29 Å². The smallest absolute Gasteiger partial charge is 0.475 e. The van der Waals surface area contributed by atoms with E-state index in [-0.39, 0.29) is 39.1 Å². The van der Waals surface area contributed by atoms with E-state index in [0.29, 0.717) is 11.0 Å². The van der Waals surface area contributed by atoms with Crippen molar-refractivity contribution in [2.45, 2.75) is 12.5 Å². The third-order valence-electron chi connectivity index (χ3n) is 1.30. The van der Waals surface area contributed by atoms with Crippen molar-refractivity contribution < 1.29 is 57.1 Å². The van der Waals surface area contributed by atoms with Crippen LogP contribution in [0.15, 0.2) is 0 Å². The molecule has 0 heterocycles. The van der Waals surface area contributed by atoms with Crippen LogP contribution in [-0.2, 0) is 42.3 Å². The Bertz CT molecular complexity index is 193. The summed E-state index contributed by atoms with van der Waals surface area (Å²) in [6.45, 7) is 0.439. The van der Waals surface area contributed by atoms with Gasteiger partial charge >= 0.3 is 5.09 Å². The Balaban J connectivity index is 0. The van der Waals surface area contributed by atoms with Crippen molar-refractivity contribution in [1.82, 2.24) is 0 Å². The molecule has 14 heavy (non-hydrogen) atoms. The van der Waals surface area contributed by atoms with Crippen LogP contribution in [0.1, 0.15) is 6.42 Å². The number of nitrogens with zero attached hydrogens (tertiary/aromatic N) is 2. The summed E-state index contributed by atoms with van der Waals surface area (Å²) >= 11 is 0. The SMILES string of the molecule is C[N+](C)(C)CC(C[C-]=O)O[N+](=O)O.[Y]. The quantitative estimate of drug-likeness (QED) is 0.410. The zero-order valence-corrected chi connectivity index (χ0v) is 11.5. The van der Waals surface area contributed by atoms with E-state index in [4.69, 9.17) is 5.21 Å². The Morgan fingerprint density at radius 3 is 2.29 bits per heavy atom. The molecule has 7 heteroatoms. The molecule has 6 nitrogen and oxygen atoms in total. The van der Waals surface area contributed by atoms with Gasteiger partial charge in [-0.25, -0.2) is 5.21 Å². The molecule has 0 aliphatic carbocycles. The molecule has 0 rings (SSSR count). The summed E-state index contributed by atoms with van der Waals surface area (Å²) in [7, 11) is 5.65. The second-order valence-electron chi connectivity index (χ2n) is 3.79. The molecule has 1 N–H and O–H groups in total. The van der Waals surface area contributed by atoms with Crippen LogP contribution in [0, 0.1) is 4.91 Å². The predicted molar refractivity (Wildman–Crippen MR) is 43.5 cm³/mol. The standard InChI is InChI=1S/C7H15N2O4.Y/c1-9(2,3)6-7(4-5-10)13-8(11)12;/h7H,4,6H2,1-3H3,(H,11,12);/q+1;. The van der Waals surface area contributed by atoms with Crippen LogP contribution in [0.2, 0.25) is 0 Å². The van der Waals surface area contributed by atoms with Crippen LogP contribution in [-0.4, -0.2) is 54.9 Å². The van der Waals surface area contributed by atoms with Crippen LogP contribution in [0.25, 0.3) is 0 Å². The van der Waals surface area contributed by atoms with Gasteiger partial charge in [0.1, 0.15) is 11.5 Å². The van der Waals surface area contributed by atoms with Crippen molar-refractivity contribution in [2.24, 2.45) is 0 Å². The number of likely N-dealkylation sites (N-methyl/N-ethyl adjacent to an activating group) is 1. The maximum absolute atomic E-state index is 10.1. The minimum atomic E-state index is -0.639. The molecule has 0 aromatic rings. The first kappa shape index (κ1) is 16.4. The molecule has 0 bridgehead atoms. The summed E-state index contributed by atoms with van der Waals surface area (Å²) in [4.78, 5) is 24.6. The van der Waals surface area contributed by atoms with E-state index >= 15 is 0 Å². The van der Waals surface area contributed by atoms with Crippen molar-refractivity contribution in [3.63, 3.8) is 0 Å². The van der Waals surface area contributed by atoms with Crippen LogP contribution < -0.4 is 0 Å². The van der Waals surface area contributed by atoms with Crippen LogP contribution in [0.5, 0.6) is 0 Å². The van der Waals surface area contributed by atoms with E-state index in [1.807, 2.05) is 21.1 Å². The fourth-order valence-corrected chi connectivity index (χ4v) is 0.967. The van der Waals surface area contributed by atoms with Gasteiger partial charge in [-0.15, -0.1) is 6.42 Å². The average molecular weight is 280 g/mol.